The van der Waals surface area contributed by atoms with Gasteiger partial charge in [0.2, 0.25) is 0 Å². The zero-order valence-electron chi connectivity index (χ0n) is 23.7. The van der Waals surface area contributed by atoms with E-state index in [0.717, 1.165) is 51.7 Å². The molecule has 2 N–H and O–H groups in total. The second-order valence-electron chi connectivity index (χ2n) is 10.8. The number of hydrogen-bond donors (Lipinski definition) is 2. The highest BCUT2D eigenvalue weighted by Crippen LogP contribution is 2.38. The van der Waals surface area contributed by atoms with Crippen LogP contribution in [0.2, 0.25) is 0 Å². The number of rotatable bonds is 9. The lowest BCUT2D eigenvalue weighted by atomic mass is 9.92. The van der Waals surface area contributed by atoms with Crippen molar-refractivity contribution >= 4 is 22.4 Å². The standard InChI is InChI=1S/C34H28F3N5O2/c1-44-29-15-14-23-7-2-3-11-27(23)31(29)32(39-20-21-12-13-21)24-8-5-9-25(17-24)40-33(43)28-18-30(34(35,36)37)41-42(28)26-10-4-6-22(16-26)19-38/h2-11,14-18,21,32,39H,12-13,20H2,1H3,(H,40,43). The molecule has 1 fully saturated rings. The normalized spacial score (nSPS) is 13.8. The third-order valence-electron chi connectivity index (χ3n) is 7.68. The number of fused-ring (bicyclic) bond motifs is 1. The highest BCUT2D eigenvalue weighted by Gasteiger charge is 2.36. The summed E-state index contributed by atoms with van der Waals surface area (Å²) >= 11 is 0. The van der Waals surface area contributed by atoms with Crippen molar-refractivity contribution in [2.75, 3.05) is 19.0 Å². The first-order valence-corrected chi connectivity index (χ1v) is 14.1. The molecule has 6 rings (SSSR count). The van der Waals surface area contributed by atoms with E-state index in [-0.39, 0.29) is 23.0 Å². The van der Waals surface area contributed by atoms with Gasteiger partial charge in [-0.05, 0) is 78.0 Å². The van der Waals surface area contributed by atoms with E-state index >= 15 is 0 Å². The number of nitrogens with zero attached hydrogens (tertiary/aromatic N) is 3. The van der Waals surface area contributed by atoms with E-state index in [2.05, 4.69) is 15.7 Å². The molecule has 1 aliphatic carbocycles. The summed E-state index contributed by atoms with van der Waals surface area (Å²) in [5, 5.41) is 21.5. The fraction of sp³-hybridized carbons (Fsp3) is 0.206. The number of nitriles is 1. The summed E-state index contributed by atoms with van der Waals surface area (Å²) in [5.74, 6) is 0.524. The number of amides is 1. The van der Waals surface area contributed by atoms with Crippen molar-refractivity contribution in [2.45, 2.75) is 25.1 Å². The quantitative estimate of drug-likeness (QED) is 0.187. The highest BCUT2D eigenvalue weighted by molar-refractivity contribution is 6.03. The van der Waals surface area contributed by atoms with Crippen molar-refractivity contribution in [3.05, 3.63) is 119 Å². The number of anilines is 1. The Bertz CT molecular complexity index is 1890. The van der Waals surface area contributed by atoms with Gasteiger partial charge in [0, 0.05) is 17.3 Å². The number of carbonyl (C=O) groups is 1. The molecule has 0 bridgehead atoms. The minimum atomic E-state index is -4.77. The van der Waals surface area contributed by atoms with Gasteiger partial charge < -0.3 is 15.4 Å². The molecule has 1 amide bonds. The molecule has 0 saturated heterocycles. The average molecular weight is 596 g/mol. The maximum atomic E-state index is 13.7. The monoisotopic (exact) mass is 595 g/mol. The van der Waals surface area contributed by atoms with E-state index in [9.17, 15) is 23.2 Å². The van der Waals surface area contributed by atoms with Crippen LogP contribution in [-0.4, -0.2) is 29.3 Å². The Balaban J connectivity index is 1.37. The lowest BCUT2D eigenvalue weighted by Gasteiger charge is -2.24. The summed E-state index contributed by atoms with van der Waals surface area (Å²) < 4.78 is 47.7. The largest absolute Gasteiger partial charge is 0.496 e. The summed E-state index contributed by atoms with van der Waals surface area (Å²) in [6.45, 7) is 0.800. The predicted molar refractivity (Wildman–Crippen MR) is 161 cm³/mol. The molecule has 1 atom stereocenters. The summed E-state index contributed by atoms with van der Waals surface area (Å²) in [7, 11) is 1.63. The number of nitrogens with one attached hydrogen (secondary N) is 2. The van der Waals surface area contributed by atoms with Crippen LogP contribution >= 0.6 is 0 Å². The summed E-state index contributed by atoms with van der Waals surface area (Å²) in [5.41, 5.74) is 1.05. The molecular weight excluding hydrogens is 567 g/mol. The zero-order chi connectivity index (χ0) is 30.8. The number of methoxy groups -OCH3 is 1. The van der Waals surface area contributed by atoms with Crippen LogP contribution < -0.4 is 15.4 Å². The Morgan fingerprint density at radius 1 is 1.05 bits per heavy atom. The first kappa shape index (κ1) is 29.0. The van der Waals surface area contributed by atoms with Crippen molar-refractivity contribution < 1.29 is 22.7 Å². The molecule has 7 nitrogen and oxygen atoms in total. The highest BCUT2D eigenvalue weighted by atomic mass is 19.4. The fourth-order valence-electron chi connectivity index (χ4n) is 5.32. The van der Waals surface area contributed by atoms with Crippen LogP contribution in [0.5, 0.6) is 5.75 Å². The first-order valence-electron chi connectivity index (χ1n) is 14.1. The van der Waals surface area contributed by atoms with E-state index in [0.29, 0.717) is 17.7 Å². The molecule has 0 radical (unpaired) electrons. The van der Waals surface area contributed by atoms with Gasteiger partial charge in [-0.1, -0.05) is 48.5 Å². The van der Waals surface area contributed by atoms with Crippen molar-refractivity contribution in [1.29, 1.82) is 5.26 Å². The molecule has 1 aliphatic rings. The average Bonchev–Trinajstić information content (AvgIpc) is 3.74. The first-order chi connectivity index (χ1) is 21.2. The number of alkyl halides is 3. The van der Waals surface area contributed by atoms with Crippen LogP contribution in [0, 0.1) is 17.2 Å². The fourth-order valence-corrected chi connectivity index (χ4v) is 5.32. The number of hydrogen-bond acceptors (Lipinski definition) is 5. The van der Waals surface area contributed by atoms with Gasteiger partial charge in [0.1, 0.15) is 11.4 Å². The molecule has 1 aromatic heterocycles. The second-order valence-corrected chi connectivity index (χ2v) is 10.8. The number of ether oxygens (including phenoxy) is 1. The smallest absolute Gasteiger partial charge is 0.435 e. The number of carbonyl (C=O) groups excluding carboxylic acids is 1. The molecule has 10 heteroatoms. The van der Waals surface area contributed by atoms with Gasteiger partial charge in [-0.25, -0.2) is 4.68 Å². The molecule has 4 aromatic carbocycles. The minimum Gasteiger partial charge on any atom is -0.496 e. The third-order valence-corrected chi connectivity index (χ3v) is 7.68. The van der Waals surface area contributed by atoms with Crippen LogP contribution in [0.1, 0.15) is 51.8 Å². The Labute approximate surface area is 251 Å². The lowest BCUT2D eigenvalue weighted by molar-refractivity contribution is -0.141. The van der Waals surface area contributed by atoms with Crippen molar-refractivity contribution in [3.63, 3.8) is 0 Å². The van der Waals surface area contributed by atoms with E-state index in [1.807, 2.05) is 54.6 Å². The number of aromatic nitrogens is 2. The van der Waals surface area contributed by atoms with Crippen LogP contribution in [0.3, 0.4) is 0 Å². The van der Waals surface area contributed by atoms with Gasteiger partial charge in [0.15, 0.2) is 5.69 Å². The van der Waals surface area contributed by atoms with Gasteiger partial charge in [-0.15, -0.1) is 0 Å². The number of benzene rings is 4. The molecule has 222 valence electrons. The SMILES string of the molecule is COc1ccc2ccccc2c1C(NCC1CC1)c1cccc(NC(=O)c2cc(C(F)(F)F)nn2-c2cccc(C#N)c2)c1. The van der Waals surface area contributed by atoms with E-state index < -0.39 is 17.8 Å². The Morgan fingerprint density at radius 3 is 2.59 bits per heavy atom. The van der Waals surface area contributed by atoms with Crippen LogP contribution in [-0.2, 0) is 6.18 Å². The van der Waals surface area contributed by atoms with Gasteiger partial charge >= 0.3 is 6.18 Å². The van der Waals surface area contributed by atoms with Gasteiger partial charge in [0.25, 0.3) is 5.91 Å². The zero-order valence-corrected chi connectivity index (χ0v) is 23.7. The third kappa shape index (κ3) is 6.00. The van der Waals surface area contributed by atoms with Crippen LogP contribution in [0.15, 0.2) is 91.0 Å². The summed E-state index contributed by atoms with van der Waals surface area (Å²) in [6.07, 6.45) is -2.45. The van der Waals surface area contributed by atoms with E-state index in [1.165, 1.54) is 24.3 Å². The van der Waals surface area contributed by atoms with Gasteiger partial charge in [-0.2, -0.15) is 23.5 Å². The van der Waals surface area contributed by atoms with Gasteiger partial charge in [0.05, 0.1) is 30.5 Å². The molecule has 1 unspecified atom stereocenters. The maximum Gasteiger partial charge on any atom is 0.435 e. The molecule has 44 heavy (non-hydrogen) atoms. The number of halogens is 3. The van der Waals surface area contributed by atoms with Gasteiger partial charge in [-0.3, -0.25) is 4.79 Å². The van der Waals surface area contributed by atoms with Crippen LogP contribution in [0.4, 0.5) is 18.9 Å². The summed E-state index contributed by atoms with van der Waals surface area (Å²) in [4.78, 5) is 13.5. The molecule has 1 heterocycles. The second kappa shape index (κ2) is 11.9. The van der Waals surface area contributed by atoms with E-state index in [4.69, 9.17) is 4.74 Å². The Morgan fingerprint density at radius 2 is 1.84 bits per heavy atom. The van der Waals surface area contributed by atoms with Crippen molar-refractivity contribution in [3.8, 4) is 17.5 Å². The van der Waals surface area contributed by atoms with Crippen molar-refractivity contribution in [2.24, 2.45) is 5.92 Å². The Kier molecular flexibility index (Phi) is 7.80. The Hall–Kier alpha value is -5.14. The topological polar surface area (TPSA) is 92.0 Å². The molecule has 1 saturated carbocycles. The van der Waals surface area contributed by atoms with Crippen LogP contribution in [0.25, 0.3) is 16.5 Å². The predicted octanol–water partition coefficient (Wildman–Crippen LogP) is 7.27. The van der Waals surface area contributed by atoms with Crippen molar-refractivity contribution in [1.82, 2.24) is 15.1 Å². The maximum absolute atomic E-state index is 13.7. The summed E-state index contributed by atoms with van der Waals surface area (Å²) in [6, 6.07) is 27.5. The minimum absolute atomic E-state index is 0.158. The molecule has 0 spiro atoms. The van der Waals surface area contributed by atoms with E-state index in [1.54, 1.807) is 19.2 Å². The molecule has 5 aromatic rings. The molecular formula is C34H28F3N5O2. The molecule has 0 aliphatic heterocycles. The lowest BCUT2D eigenvalue weighted by Crippen LogP contribution is -2.25.